The predicted octanol–water partition coefficient (Wildman–Crippen LogP) is 18.8. The van der Waals surface area contributed by atoms with Crippen molar-refractivity contribution in [3.05, 3.63) is 193 Å². The maximum atomic E-state index is 6.64. The smallest absolute Gasteiger partial charge is 0.137 e. The summed E-state index contributed by atoms with van der Waals surface area (Å²) in [4.78, 5) is 5.11. The van der Waals surface area contributed by atoms with Crippen LogP contribution in [-0.2, 0) is 0 Å². The van der Waals surface area contributed by atoms with Gasteiger partial charge in [0, 0.05) is 43.7 Å². The molecule has 0 saturated heterocycles. The van der Waals surface area contributed by atoms with Gasteiger partial charge in [0.1, 0.15) is 22.3 Å². The molecule has 0 unspecified atom stereocenters. The van der Waals surface area contributed by atoms with Crippen LogP contribution in [-0.4, -0.2) is 0 Å². The van der Waals surface area contributed by atoms with E-state index in [1.807, 2.05) is 0 Å². The molecule has 4 nitrogen and oxygen atoms in total. The van der Waals surface area contributed by atoms with Gasteiger partial charge in [-0.25, -0.2) is 0 Å². The third-order valence-corrected chi connectivity index (χ3v) is 15.0. The number of benzene rings is 9. The topological polar surface area (TPSA) is 32.8 Å². The first kappa shape index (κ1) is 39.1. The number of furan rings is 2. The van der Waals surface area contributed by atoms with Gasteiger partial charge in [-0.2, -0.15) is 0 Å². The lowest BCUT2D eigenvalue weighted by Gasteiger charge is -2.34. The van der Waals surface area contributed by atoms with E-state index in [0.717, 1.165) is 66.6 Å². The molecular weight excluding hydrogens is 805 g/mol. The molecule has 2 heterocycles. The predicted molar refractivity (Wildman–Crippen MR) is 277 cm³/mol. The van der Waals surface area contributed by atoms with Crippen LogP contribution < -0.4 is 9.80 Å². The highest BCUT2D eigenvalue weighted by Crippen LogP contribution is 2.55. The molecule has 0 N–H and O–H groups in total. The summed E-state index contributed by atoms with van der Waals surface area (Å²) in [6, 6.07) is 67.3. The van der Waals surface area contributed by atoms with Gasteiger partial charge in [0.25, 0.3) is 0 Å². The minimum Gasteiger partial charge on any atom is -0.456 e. The lowest BCUT2D eigenvalue weighted by molar-refractivity contribution is 0.444. The fourth-order valence-electron chi connectivity index (χ4n) is 11.9. The highest BCUT2D eigenvalue weighted by molar-refractivity contribution is 6.26. The fourth-order valence-corrected chi connectivity index (χ4v) is 11.9. The van der Waals surface area contributed by atoms with E-state index in [4.69, 9.17) is 8.83 Å². The summed E-state index contributed by atoms with van der Waals surface area (Å²) >= 11 is 0. The van der Waals surface area contributed by atoms with Crippen molar-refractivity contribution in [3.8, 4) is 0 Å². The molecule has 0 atom stereocenters. The largest absolute Gasteiger partial charge is 0.456 e. The Morgan fingerprint density at radius 3 is 1.15 bits per heavy atom. The number of rotatable bonds is 8. The van der Waals surface area contributed by atoms with E-state index in [0.29, 0.717) is 11.8 Å². The standard InChI is InChI=1S/C62H52N2O2/c1-5-19-41(20-6-1)43-35-37-47-51(39-43)61(63(45-23-9-3-10-24-45)53-29-17-33-57-59(53)49-27-13-15-31-55(49)65-57)48-38-36-44(42-21-7-2-8-22-42)40-52(48)62(47)64(46-25-11-4-12-26-46)54-30-18-34-58-60(54)50-28-14-16-32-56(50)66-58/h3-4,9-18,23-42H,1-2,5-8,19-22H2. The minimum absolute atomic E-state index is 0.520. The second-order valence-electron chi connectivity index (χ2n) is 18.8. The Morgan fingerprint density at radius 1 is 0.318 bits per heavy atom. The lowest BCUT2D eigenvalue weighted by Crippen LogP contribution is -2.15. The van der Waals surface area contributed by atoms with Crippen LogP contribution in [0.15, 0.2) is 191 Å². The zero-order valence-corrected chi connectivity index (χ0v) is 37.3. The van der Waals surface area contributed by atoms with Gasteiger partial charge in [-0.15, -0.1) is 0 Å². The van der Waals surface area contributed by atoms with Crippen molar-refractivity contribution < 1.29 is 8.83 Å². The van der Waals surface area contributed by atoms with E-state index < -0.39 is 0 Å². The van der Waals surface area contributed by atoms with Crippen molar-refractivity contribution in [2.24, 2.45) is 0 Å². The number of hydrogen-bond donors (Lipinski definition) is 0. The van der Waals surface area contributed by atoms with Gasteiger partial charge < -0.3 is 18.6 Å². The maximum absolute atomic E-state index is 6.64. The molecule has 2 aromatic heterocycles. The average Bonchev–Trinajstić information content (AvgIpc) is 3.97. The van der Waals surface area contributed by atoms with E-state index >= 15 is 0 Å². The summed E-state index contributed by atoms with van der Waals surface area (Å²) in [5.74, 6) is 1.04. The SMILES string of the molecule is c1ccc(N(c2c3ccc(C4CCCCC4)cc3c(N(c3ccccc3)c3cccc4oc5ccccc5c34)c3ccc(C4CCCCC4)cc23)c2cccc3oc4ccccc4c23)cc1. The van der Waals surface area contributed by atoms with Crippen molar-refractivity contribution in [1.82, 2.24) is 0 Å². The van der Waals surface area contributed by atoms with E-state index in [9.17, 15) is 0 Å². The Kier molecular flexibility index (Phi) is 9.65. The quantitative estimate of drug-likeness (QED) is 0.113. The first-order chi connectivity index (χ1) is 32.8. The summed E-state index contributed by atoms with van der Waals surface area (Å²) in [5, 5.41) is 9.39. The average molecular weight is 857 g/mol. The molecular formula is C62H52N2O2. The number of para-hydroxylation sites is 4. The Morgan fingerprint density at radius 2 is 0.712 bits per heavy atom. The van der Waals surface area contributed by atoms with Crippen LogP contribution >= 0.6 is 0 Å². The summed E-state index contributed by atoms with van der Waals surface area (Å²) in [7, 11) is 0. The minimum atomic E-state index is 0.520. The van der Waals surface area contributed by atoms with Gasteiger partial charge in [0.15, 0.2) is 0 Å². The van der Waals surface area contributed by atoms with Crippen molar-refractivity contribution in [1.29, 1.82) is 0 Å². The van der Waals surface area contributed by atoms with E-state index in [2.05, 4.69) is 192 Å². The highest BCUT2D eigenvalue weighted by Gasteiger charge is 2.30. The van der Waals surface area contributed by atoms with Crippen molar-refractivity contribution >= 4 is 99.5 Å². The molecule has 322 valence electrons. The van der Waals surface area contributed by atoms with Gasteiger partial charge >= 0.3 is 0 Å². The van der Waals surface area contributed by atoms with E-state index in [-0.39, 0.29) is 0 Å². The molecule has 9 aromatic carbocycles. The zero-order chi connectivity index (χ0) is 43.6. The molecule has 0 radical (unpaired) electrons. The number of hydrogen-bond acceptors (Lipinski definition) is 4. The van der Waals surface area contributed by atoms with E-state index in [1.165, 1.54) is 108 Å². The first-order valence-corrected chi connectivity index (χ1v) is 24.3. The molecule has 2 saturated carbocycles. The summed E-state index contributed by atoms with van der Waals surface area (Å²) in [6.45, 7) is 0. The molecule has 66 heavy (non-hydrogen) atoms. The van der Waals surface area contributed by atoms with Crippen LogP contribution in [0.4, 0.5) is 34.1 Å². The maximum Gasteiger partial charge on any atom is 0.137 e. The number of fused-ring (bicyclic) bond motifs is 8. The monoisotopic (exact) mass is 856 g/mol. The van der Waals surface area contributed by atoms with Crippen molar-refractivity contribution in [2.75, 3.05) is 9.80 Å². The van der Waals surface area contributed by atoms with Crippen LogP contribution in [0.25, 0.3) is 65.4 Å². The zero-order valence-electron chi connectivity index (χ0n) is 37.3. The van der Waals surface area contributed by atoms with Crippen molar-refractivity contribution in [2.45, 2.75) is 76.0 Å². The second kappa shape index (κ2) is 16.3. The molecule has 2 aliphatic rings. The fraction of sp³-hybridized carbons (Fsp3) is 0.194. The van der Waals surface area contributed by atoms with Gasteiger partial charge in [-0.1, -0.05) is 148 Å². The van der Waals surface area contributed by atoms with Crippen molar-refractivity contribution in [3.63, 3.8) is 0 Å². The lowest BCUT2D eigenvalue weighted by atomic mass is 9.81. The highest BCUT2D eigenvalue weighted by atomic mass is 16.3. The third kappa shape index (κ3) is 6.48. The molecule has 0 bridgehead atoms. The Bertz CT molecular complexity index is 3340. The molecule has 4 heteroatoms. The number of anilines is 6. The molecule has 0 amide bonds. The van der Waals surface area contributed by atoms with Gasteiger partial charge in [0.05, 0.1) is 33.5 Å². The molecule has 2 fully saturated rings. The molecule has 2 aliphatic carbocycles. The van der Waals surface area contributed by atoms with E-state index in [1.54, 1.807) is 0 Å². The van der Waals surface area contributed by atoms with Gasteiger partial charge in [-0.3, -0.25) is 0 Å². The summed E-state index contributed by atoms with van der Waals surface area (Å²) in [6.07, 6.45) is 12.6. The molecule has 0 aliphatic heterocycles. The van der Waals surface area contributed by atoms with Gasteiger partial charge in [0.2, 0.25) is 0 Å². The van der Waals surface area contributed by atoms with Crippen LogP contribution in [0.3, 0.4) is 0 Å². The Labute approximate surface area is 385 Å². The van der Waals surface area contributed by atoms with Crippen LogP contribution in [0, 0.1) is 0 Å². The molecule has 11 aromatic rings. The van der Waals surface area contributed by atoms with Crippen LogP contribution in [0.1, 0.15) is 87.2 Å². The van der Waals surface area contributed by atoms with Crippen LogP contribution in [0.5, 0.6) is 0 Å². The summed E-state index contributed by atoms with van der Waals surface area (Å²) in [5.41, 5.74) is 13.3. The molecule has 0 spiro atoms. The summed E-state index contributed by atoms with van der Waals surface area (Å²) < 4.78 is 13.3. The molecule has 13 rings (SSSR count). The third-order valence-electron chi connectivity index (χ3n) is 15.0. The number of nitrogens with zero attached hydrogens (tertiary/aromatic N) is 2. The Hall–Kier alpha value is -7.30. The normalized spacial score (nSPS) is 15.2. The van der Waals surface area contributed by atoms with Gasteiger partial charge in [-0.05, 0) is 121 Å². The Balaban J connectivity index is 1.20. The van der Waals surface area contributed by atoms with Crippen LogP contribution in [0.2, 0.25) is 0 Å². The second-order valence-corrected chi connectivity index (χ2v) is 18.8. The first-order valence-electron chi connectivity index (χ1n) is 24.3.